The third kappa shape index (κ3) is 1.28. The van der Waals surface area contributed by atoms with Gasteiger partial charge in [-0.1, -0.05) is 0 Å². The molecule has 0 fully saturated rings. The van der Waals surface area contributed by atoms with Gasteiger partial charge in [-0.2, -0.15) is 0 Å². The van der Waals surface area contributed by atoms with Gasteiger partial charge in [0, 0.05) is 5.69 Å². The molecule has 0 atom stereocenters. The Morgan fingerprint density at radius 3 is 2.86 bits per heavy atom. The average Bonchev–Trinajstić information content (AvgIpc) is 2.08. The molecule has 0 aromatic heterocycles. The molecule has 1 amide bonds. The first-order valence-electron chi connectivity index (χ1n) is 4.43. The van der Waals surface area contributed by atoms with Crippen LogP contribution < -0.4 is 16.4 Å². The van der Waals surface area contributed by atoms with Gasteiger partial charge in [0.2, 0.25) is 0 Å². The molecule has 2 rings (SSSR count). The Kier molecular flexibility index (Phi) is 1.67. The van der Waals surface area contributed by atoms with E-state index in [4.69, 9.17) is 5.73 Å². The number of hydrogen-bond acceptors (Lipinski definition) is 3. The lowest BCUT2D eigenvalue weighted by molar-refractivity contribution is -0.123. The molecule has 0 unspecified atom stereocenters. The van der Waals surface area contributed by atoms with Crippen LogP contribution in [0, 0.1) is 0 Å². The van der Waals surface area contributed by atoms with Gasteiger partial charge >= 0.3 is 0 Å². The standard InChI is InChI=1S/C10H12N3O/c1-10(2)9(14)12-8-5-6(11)3-4-7(8)13-10/h3-5,13H,11H2,1-2H3. The van der Waals surface area contributed by atoms with Crippen LogP contribution in [0.1, 0.15) is 13.8 Å². The Balaban J connectivity index is 2.46. The first-order chi connectivity index (χ1) is 6.49. The second kappa shape index (κ2) is 2.64. The summed E-state index contributed by atoms with van der Waals surface area (Å²) >= 11 is 0. The van der Waals surface area contributed by atoms with E-state index in [-0.39, 0.29) is 5.91 Å². The molecule has 1 aliphatic rings. The minimum Gasteiger partial charge on any atom is -0.399 e. The third-order valence-electron chi connectivity index (χ3n) is 2.23. The lowest BCUT2D eigenvalue weighted by atomic mass is 10.00. The van der Waals surface area contributed by atoms with Crippen LogP contribution in [0.5, 0.6) is 0 Å². The van der Waals surface area contributed by atoms with Crippen LogP contribution in [0.15, 0.2) is 18.2 Å². The maximum Gasteiger partial charge on any atom is 0.271 e. The molecule has 1 aliphatic heterocycles. The highest BCUT2D eigenvalue weighted by molar-refractivity contribution is 5.98. The number of nitrogens with one attached hydrogen (secondary N) is 1. The highest BCUT2D eigenvalue weighted by Gasteiger charge is 2.34. The molecular formula is C10H12N3O. The van der Waals surface area contributed by atoms with E-state index in [1.165, 1.54) is 0 Å². The summed E-state index contributed by atoms with van der Waals surface area (Å²) < 4.78 is 0. The van der Waals surface area contributed by atoms with Crippen molar-refractivity contribution in [3.05, 3.63) is 18.2 Å². The number of anilines is 2. The molecular weight excluding hydrogens is 178 g/mol. The minimum absolute atomic E-state index is 0.171. The SMILES string of the molecule is CC1(C)Nc2ccc(N)cc2[N]C1=O. The van der Waals surface area contributed by atoms with Crippen molar-refractivity contribution in [1.82, 2.24) is 5.32 Å². The number of nitrogen functional groups attached to an aromatic ring is 1. The molecule has 1 aromatic rings. The van der Waals surface area contributed by atoms with Gasteiger partial charge in [-0.15, -0.1) is 0 Å². The van der Waals surface area contributed by atoms with E-state index < -0.39 is 5.54 Å². The summed E-state index contributed by atoms with van der Waals surface area (Å²) in [4.78, 5) is 11.5. The molecule has 0 aliphatic carbocycles. The maximum atomic E-state index is 11.5. The van der Waals surface area contributed by atoms with E-state index >= 15 is 0 Å². The smallest absolute Gasteiger partial charge is 0.271 e. The van der Waals surface area contributed by atoms with Crippen molar-refractivity contribution in [1.29, 1.82) is 0 Å². The molecule has 1 aromatic carbocycles. The van der Waals surface area contributed by atoms with E-state index in [2.05, 4.69) is 10.6 Å². The third-order valence-corrected chi connectivity index (χ3v) is 2.23. The fourth-order valence-electron chi connectivity index (χ4n) is 1.39. The number of amides is 1. The summed E-state index contributed by atoms with van der Waals surface area (Å²) in [5, 5.41) is 7.09. The van der Waals surface area contributed by atoms with E-state index in [0.717, 1.165) is 5.69 Å². The number of hydrogen-bond donors (Lipinski definition) is 2. The van der Waals surface area contributed by atoms with Crippen LogP contribution in [-0.2, 0) is 4.79 Å². The van der Waals surface area contributed by atoms with Gasteiger partial charge in [-0.3, -0.25) is 4.79 Å². The Hall–Kier alpha value is -1.71. The van der Waals surface area contributed by atoms with Gasteiger partial charge in [0.15, 0.2) is 0 Å². The molecule has 0 saturated heterocycles. The minimum atomic E-state index is -0.622. The van der Waals surface area contributed by atoms with Crippen LogP contribution in [0.4, 0.5) is 17.1 Å². The number of carbonyl (C=O) groups excluding carboxylic acids is 1. The van der Waals surface area contributed by atoms with E-state index in [0.29, 0.717) is 11.4 Å². The van der Waals surface area contributed by atoms with Crippen LogP contribution in [-0.4, -0.2) is 11.4 Å². The summed E-state index contributed by atoms with van der Waals surface area (Å²) in [6.07, 6.45) is 0. The van der Waals surface area contributed by atoms with E-state index in [1.807, 2.05) is 6.07 Å². The van der Waals surface area contributed by atoms with Crippen molar-refractivity contribution in [2.24, 2.45) is 0 Å². The lowest BCUT2D eigenvalue weighted by Gasteiger charge is -2.31. The van der Waals surface area contributed by atoms with Gasteiger partial charge in [-0.05, 0) is 32.0 Å². The van der Waals surface area contributed by atoms with E-state index in [9.17, 15) is 4.79 Å². The zero-order valence-electron chi connectivity index (χ0n) is 8.16. The van der Waals surface area contributed by atoms with Crippen molar-refractivity contribution in [2.75, 3.05) is 11.1 Å². The number of nitrogens with two attached hydrogens (primary N) is 1. The maximum absolute atomic E-state index is 11.5. The van der Waals surface area contributed by atoms with E-state index in [1.54, 1.807) is 26.0 Å². The second-order valence-corrected chi connectivity index (χ2v) is 3.94. The molecule has 73 valence electrons. The first kappa shape index (κ1) is 8.87. The predicted molar refractivity (Wildman–Crippen MR) is 55.4 cm³/mol. The van der Waals surface area contributed by atoms with Gasteiger partial charge in [0.25, 0.3) is 5.91 Å². The van der Waals surface area contributed by atoms with Crippen molar-refractivity contribution >= 4 is 23.0 Å². The predicted octanol–water partition coefficient (Wildman–Crippen LogP) is 1.24. The Labute approximate surface area is 82.5 Å². The van der Waals surface area contributed by atoms with Gasteiger partial charge in [0.05, 0.1) is 11.4 Å². The number of nitrogens with zero attached hydrogens (tertiary/aromatic N) is 1. The number of carbonyl (C=O) groups is 1. The lowest BCUT2D eigenvalue weighted by Crippen LogP contribution is -2.47. The molecule has 0 bridgehead atoms. The fraction of sp³-hybridized carbons (Fsp3) is 0.300. The number of benzene rings is 1. The van der Waals surface area contributed by atoms with Crippen molar-refractivity contribution < 1.29 is 4.79 Å². The largest absolute Gasteiger partial charge is 0.399 e. The molecule has 14 heavy (non-hydrogen) atoms. The molecule has 1 radical (unpaired) electrons. The molecule has 3 N–H and O–H groups in total. The molecule has 0 spiro atoms. The Morgan fingerprint density at radius 2 is 2.14 bits per heavy atom. The number of rotatable bonds is 0. The van der Waals surface area contributed by atoms with Crippen LogP contribution >= 0.6 is 0 Å². The van der Waals surface area contributed by atoms with Gasteiger partial charge < -0.3 is 11.1 Å². The Morgan fingerprint density at radius 1 is 1.43 bits per heavy atom. The first-order valence-corrected chi connectivity index (χ1v) is 4.43. The van der Waals surface area contributed by atoms with Gasteiger partial charge in [-0.25, -0.2) is 5.32 Å². The van der Waals surface area contributed by atoms with Crippen LogP contribution in [0.3, 0.4) is 0 Å². The monoisotopic (exact) mass is 190 g/mol. The molecule has 0 saturated carbocycles. The molecule has 1 heterocycles. The summed E-state index contributed by atoms with van der Waals surface area (Å²) in [6, 6.07) is 5.31. The summed E-state index contributed by atoms with van der Waals surface area (Å²) in [6.45, 7) is 3.61. The van der Waals surface area contributed by atoms with Crippen LogP contribution in [0.2, 0.25) is 0 Å². The van der Waals surface area contributed by atoms with Crippen molar-refractivity contribution in [3.63, 3.8) is 0 Å². The highest BCUT2D eigenvalue weighted by atomic mass is 16.2. The second-order valence-electron chi connectivity index (χ2n) is 3.94. The normalized spacial score (nSPS) is 18.0. The summed E-state index contributed by atoms with van der Waals surface area (Å²) in [5.74, 6) is -0.171. The summed E-state index contributed by atoms with van der Waals surface area (Å²) in [5.41, 5.74) is 7.06. The zero-order chi connectivity index (χ0) is 10.3. The zero-order valence-corrected chi connectivity index (χ0v) is 8.16. The van der Waals surface area contributed by atoms with Gasteiger partial charge in [0.1, 0.15) is 5.54 Å². The average molecular weight is 190 g/mol. The topological polar surface area (TPSA) is 69.2 Å². The van der Waals surface area contributed by atoms with Crippen LogP contribution in [0.25, 0.3) is 0 Å². The fourth-order valence-corrected chi connectivity index (χ4v) is 1.39. The highest BCUT2D eigenvalue weighted by Crippen LogP contribution is 2.32. The molecule has 4 heteroatoms. The van der Waals surface area contributed by atoms with Crippen molar-refractivity contribution in [3.8, 4) is 0 Å². The van der Waals surface area contributed by atoms with Crippen molar-refractivity contribution in [2.45, 2.75) is 19.4 Å². The number of fused-ring (bicyclic) bond motifs is 1. The molecule has 4 nitrogen and oxygen atoms in total. The Bertz CT molecular complexity index is 398. The summed E-state index contributed by atoms with van der Waals surface area (Å²) in [7, 11) is 0. The quantitative estimate of drug-likeness (QED) is 0.604.